The van der Waals surface area contributed by atoms with Gasteiger partial charge in [-0.2, -0.15) is 0 Å². The van der Waals surface area contributed by atoms with Crippen molar-refractivity contribution in [1.29, 1.82) is 0 Å². The molecule has 2 saturated heterocycles. The van der Waals surface area contributed by atoms with Crippen LogP contribution >= 0.6 is 11.8 Å². The summed E-state index contributed by atoms with van der Waals surface area (Å²) in [6.45, 7) is 1.32. The standard InChI is InChI=1S/C20H16N4O6S/c1-11(18(27)28)21-15(25)12-6-5-9-14(10-12)23-20(30)31-17-16(26)22(19(29)24(17)23)13-7-3-2-4-8-13/h2-11,17H,1H3,(H,21,25)(H,27,28). The molecule has 10 nitrogen and oxygen atoms in total. The fraction of sp³-hybridized carbons (Fsp3) is 0.150. The van der Waals surface area contributed by atoms with Crippen molar-refractivity contribution < 1.29 is 29.1 Å². The molecule has 158 valence electrons. The van der Waals surface area contributed by atoms with Gasteiger partial charge in [-0.25, -0.2) is 19.7 Å². The van der Waals surface area contributed by atoms with Crippen LogP contribution in [0.25, 0.3) is 0 Å². The van der Waals surface area contributed by atoms with Crippen LogP contribution in [0.4, 0.5) is 21.0 Å². The molecule has 2 aliphatic rings. The number of fused-ring (bicyclic) bond motifs is 1. The van der Waals surface area contributed by atoms with Gasteiger partial charge >= 0.3 is 17.2 Å². The fourth-order valence-electron chi connectivity index (χ4n) is 3.20. The maximum absolute atomic E-state index is 13.0. The average molecular weight is 440 g/mol. The molecule has 2 atom stereocenters. The smallest absolute Gasteiger partial charge is 0.352 e. The minimum Gasteiger partial charge on any atom is -0.480 e. The van der Waals surface area contributed by atoms with Gasteiger partial charge in [-0.1, -0.05) is 24.3 Å². The molecule has 2 aromatic rings. The van der Waals surface area contributed by atoms with Gasteiger partial charge in [0.15, 0.2) is 5.37 Å². The highest BCUT2D eigenvalue weighted by atomic mass is 32.2. The van der Waals surface area contributed by atoms with E-state index in [2.05, 4.69) is 5.32 Å². The summed E-state index contributed by atoms with van der Waals surface area (Å²) in [5.41, 5.74) is 0.687. The number of para-hydroxylation sites is 1. The number of nitrogens with zero attached hydrogens (tertiary/aromatic N) is 3. The van der Waals surface area contributed by atoms with Crippen LogP contribution in [0, 0.1) is 0 Å². The van der Waals surface area contributed by atoms with Crippen LogP contribution in [0.1, 0.15) is 17.3 Å². The molecule has 0 aromatic heterocycles. The van der Waals surface area contributed by atoms with Crippen molar-refractivity contribution >= 4 is 52.2 Å². The third-order valence-electron chi connectivity index (χ3n) is 4.73. The number of carboxylic acids is 1. The van der Waals surface area contributed by atoms with Crippen molar-refractivity contribution in [3.63, 3.8) is 0 Å². The van der Waals surface area contributed by atoms with Gasteiger partial charge in [0, 0.05) is 5.56 Å². The van der Waals surface area contributed by atoms with E-state index in [0.29, 0.717) is 17.4 Å². The number of carbonyl (C=O) groups excluding carboxylic acids is 4. The molecular weight excluding hydrogens is 424 g/mol. The highest BCUT2D eigenvalue weighted by molar-refractivity contribution is 8.15. The summed E-state index contributed by atoms with van der Waals surface area (Å²) in [6, 6.07) is 12.4. The van der Waals surface area contributed by atoms with Gasteiger partial charge < -0.3 is 10.4 Å². The molecule has 11 heteroatoms. The van der Waals surface area contributed by atoms with Gasteiger partial charge in [0.2, 0.25) is 0 Å². The Morgan fingerprint density at radius 3 is 2.39 bits per heavy atom. The zero-order valence-electron chi connectivity index (χ0n) is 16.1. The van der Waals surface area contributed by atoms with Crippen LogP contribution in [0.5, 0.6) is 0 Å². The zero-order chi connectivity index (χ0) is 22.3. The molecule has 2 N–H and O–H groups in total. The highest BCUT2D eigenvalue weighted by Crippen LogP contribution is 2.41. The van der Waals surface area contributed by atoms with Crippen molar-refractivity contribution in [2.24, 2.45) is 0 Å². The lowest BCUT2D eigenvalue weighted by Crippen LogP contribution is -2.45. The van der Waals surface area contributed by atoms with Gasteiger partial charge in [0.05, 0.1) is 11.4 Å². The lowest BCUT2D eigenvalue weighted by atomic mass is 10.1. The first-order valence-electron chi connectivity index (χ1n) is 9.16. The summed E-state index contributed by atoms with van der Waals surface area (Å²) in [5, 5.41) is 11.8. The topological polar surface area (TPSA) is 127 Å². The van der Waals surface area contributed by atoms with E-state index in [4.69, 9.17) is 5.11 Å². The Bertz CT molecular complexity index is 1110. The number of nitrogens with one attached hydrogen (secondary N) is 1. The van der Waals surface area contributed by atoms with E-state index < -0.39 is 40.5 Å². The number of carbonyl (C=O) groups is 5. The molecular formula is C20H16N4O6S. The first-order chi connectivity index (χ1) is 14.8. The minimum atomic E-state index is -1.19. The molecule has 2 aliphatic heterocycles. The van der Waals surface area contributed by atoms with Gasteiger partial charge in [-0.3, -0.25) is 19.2 Å². The quantitative estimate of drug-likeness (QED) is 0.683. The summed E-state index contributed by atoms with van der Waals surface area (Å²) in [7, 11) is 0. The number of rotatable bonds is 5. The number of aliphatic carboxylic acids is 1. The van der Waals surface area contributed by atoms with Crippen molar-refractivity contribution in [2.75, 3.05) is 9.91 Å². The molecule has 5 amide bonds. The number of anilines is 2. The molecule has 0 bridgehead atoms. The number of imide groups is 1. The van der Waals surface area contributed by atoms with Crippen LogP contribution in [0.15, 0.2) is 54.6 Å². The Morgan fingerprint density at radius 1 is 1.03 bits per heavy atom. The monoisotopic (exact) mass is 440 g/mol. The molecule has 2 unspecified atom stereocenters. The van der Waals surface area contributed by atoms with Crippen molar-refractivity contribution in [3.8, 4) is 0 Å². The first-order valence-corrected chi connectivity index (χ1v) is 10.0. The van der Waals surface area contributed by atoms with E-state index in [1.54, 1.807) is 30.3 Å². The fourth-order valence-corrected chi connectivity index (χ4v) is 4.18. The number of hydrogen-bond donors (Lipinski definition) is 2. The van der Waals surface area contributed by atoms with Crippen LogP contribution in [0.2, 0.25) is 0 Å². The number of carboxylic acid groups (broad SMARTS) is 1. The maximum Gasteiger partial charge on any atom is 0.352 e. The number of amides is 5. The Hall–Kier alpha value is -3.86. The number of hydrogen-bond acceptors (Lipinski definition) is 6. The lowest BCUT2D eigenvalue weighted by molar-refractivity contribution is -0.138. The molecule has 4 rings (SSSR count). The second kappa shape index (κ2) is 7.76. The zero-order valence-corrected chi connectivity index (χ0v) is 16.9. The molecule has 0 saturated carbocycles. The largest absolute Gasteiger partial charge is 0.480 e. The van der Waals surface area contributed by atoms with Crippen molar-refractivity contribution in [2.45, 2.75) is 18.3 Å². The minimum absolute atomic E-state index is 0.102. The number of thioether (sulfide) groups is 1. The second-order valence-electron chi connectivity index (χ2n) is 6.77. The Balaban J connectivity index is 1.64. The second-order valence-corrected chi connectivity index (χ2v) is 7.80. The molecule has 31 heavy (non-hydrogen) atoms. The van der Waals surface area contributed by atoms with E-state index >= 15 is 0 Å². The molecule has 0 aliphatic carbocycles. The lowest BCUT2D eigenvalue weighted by Gasteiger charge is -2.26. The highest BCUT2D eigenvalue weighted by Gasteiger charge is 2.56. The SMILES string of the molecule is CC(NC(=O)c1cccc(N2C(=O)SC3C(=O)N(c4ccccc4)C(=O)N32)c1)C(=O)O. The van der Waals surface area contributed by atoms with E-state index in [1.165, 1.54) is 31.2 Å². The summed E-state index contributed by atoms with van der Waals surface area (Å²) < 4.78 is 0. The molecule has 2 heterocycles. The van der Waals surface area contributed by atoms with Gasteiger partial charge in [-0.15, -0.1) is 0 Å². The Morgan fingerprint density at radius 2 is 1.71 bits per heavy atom. The maximum atomic E-state index is 13.0. The first kappa shape index (κ1) is 20.4. The van der Waals surface area contributed by atoms with Gasteiger partial charge in [-0.05, 0) is 49.0 Å². The predicted molar refractivity (Wildman–Crippen MR) is 111 cm³/mol. The molecule has 2 aromatic carbocycles. The van der Waals surface area contributed by atoms with E-state index in [1.807, 2.05) is 0 Å². The molecule has 2 fully saturated rings. The van der Waals surface area contributed by atoms with Gasteiger partial charge in [0.1, 0.15) is 6.04 Å². The van der Waals surface area contributed by atoms with E-state index in [0.717, 1.165) is 14.9 Å². The predicted octanol–water partition coefficient (Wildman–Crippen LogP) is 2.27. The van der Waals surface area contributed by atoms with E-state index in [-0.39, 0.29) is 11.3 Å². The number of urea groups is 1. The Kier molecular flexibility index (Phi) is 5.11. The van der Waals surface area contributed by atoms with Gasteiger partial charge in [0.25, 0.3) is 11.8 Å². The number of benzene rings is 2. The number of hydrazine groups is 1. The van der Waals surface area contributed by atoms with Crippen LogP contribution < -0.4 is 15.2 Å². The normalized spacial score (nSPS) is 18.9. The average Bonchev–Trinajstić information content (AvgIpc) is 3.22. The summed E-state index contributed by atoms with van der Waals surface area (Å²) >= 11 is 0.701. The van der Waals surface area contributed by atoms with Crippen molar-refractivity contribution in [3.05, 3.63) is 60.2 Å². The molecule has 0 radical (unpaired) electrons. The van der Waals surface area contributed by atoms with Crippen molar-refractivity contribution in [1.82, 2.24) is 10.3 Å². The molecule has 0 spiro atoms. The third-order valence-corrected chi connectivity index (χ3v) is 5.73. The van der Waals surface area contributed by atoms with Crippen LogP contribution in [0.3, 0.4) is 0 Å². The summed E-state index contributed by atoms with van der Waals surface area (Å²) in [4.78, 5) is 62.8. The summed E-state index contributed by atoms with van der Waals surface area (Å²) in [6.07, 6.45) is 0. The van der Waals surface area contributed by atoms with Crippen LogP contribution in [-0.4, -0.2) is 50.6 Å². The van der Waals surface area contributed by atoms with E-state index in [9.17, 15) is 24.0 Å². The summed E-state index contributed by atoms with van der Waals surface area (Å²) in [5.74, 6) is -2.38. The Labute approximate surface area is 180 Å². The third kappa shape index (κ3) is 3.48. The van der Waals surface area contributed by atoms with Crippen LogP contribution in [-0.2, 0) is 9.59 Å².